The first-order chi connectivity index (χ1) is 18.8. The predicted molar refractivity (Wildman–Crippen MR) is 138 cm³/mol. The van der Waals surface area contributed by atoms with Gasteiger partial charge in [-0.15, -0.1) is 5.10 Å². The van der Waals surface area contributed by atoms with Crippen molar-refractivity contribution < 1.29 is 32.6 Å². The van der Waals surface area contributed by atoms with E-state index >= 15 is 0 Å². The van der Waals surface area contributed by atoms with E-state index in [1.54, 1.807) is 4.68 Å². The first-order valence-electron chi connectivity index (χ1n) is 13.7. The Labute approximate surface area is 231 Å². The van der Waals surface area contributed by atoms with Crippen LogP contribution in [0.3, 0.4) is 0 Å². The van der Waals surface area contributed by atoms with Gasteiger partial charge in [-0.3, -0.25) is 9.59 Å². The average Bonchev–Trinajstić information content (AvgIpc) is 3.22. The van der Waals surface area contributed by atoms with Gasteiger partial charge in [-0.1, -0.05) is 38.1 Å². The van der Waals surface area contributed by atoms with Crippen LogP contribution in [-0.4, -0.2) is 74.3 Å². The molecule has 12 heteroatoms. The SMILES string of the molecule is CC(C)(C)[C@@H](C(=O)N1CC(O)CC1C(=O)NC1(Cc2ccc(C(F)(F)F)cc2)CCOC1)n1cc(C2CC2)nn1. The summed E-state index contributed by atoms with van der Waals surface area (Å²) in [4.78, 5) is 29.1. The molecule has 2 N–H and O–H groups in total. The Hall–Kier alpha value is -2.99. The monoisotopic (exact) mass is 563 g/mol. The molecule has 5 rings (SSSR count). The predicted octanol–water partition coefficient (Wildman–Crippen LogP) is 3.24. The molecule has 2 saturated heterocycles. The largest absolute Gasteiger partial charge is 0.416 e. The van der Waals surface area contributed by atoms with Crippen LogP contribution in [0.4, 0.5) is 13.2 Å². The van der Waals surface area contributed by atoms with Gasteiger partial charge in [-0.05, 0) is 48.8 Å². The summed E-state index contributed by atoms with van der Waals surface area (Å²) in [5, 5.41) is 22.1. The van der Waals surface area contributed by atoms with Crippen molar-refractivity contribution in [2.24, 2.45) is 5.41 Å². The van der Waals surface area contributed by atoms with Gasteiger partial charge in [0, 0.05) is 31.7 Å². The molecule has 4 atom stereocenters. The van der Waals surface area contributed by atoms with Crippen molar-refractivity contribution in [1.82, 2.24) is 25.2 Å². The van der Waals surface area contributed by atoms with Crippen LogP contribution in [0, 0.1) is 5.41 Å². The van der Waals surface area contributed by atoms with Gasteiger partial charge >= 0.3 is 6.18 Å². The Morgan fingerprint density at radius 2 is 1.90 bits per heavy atom. The molecule has 3 fully saturated rings. The number of alkyl halides is 3. The lowest BCUT2D eigenvalue weighted by Crippen LogP contribution is -2.57. The van der Waals surface area contributed by atoms with Gasteiger partial charge in [0.05, 0.1) is 29.5 Å². The summed E-state index contributed by atoms with van der Waals surface area (Å²) in [6, 6.07) is 3.23. The first-order valence-corrected chi connectivity index (χ1v) is 13.7. The fourth-order valence-corrected chi connectivity index (χ4v) is 5.76. The van der Waals surface area contributed by atoms with Gasteiger partial charge in [0.1, 0.15) is 12.1 Å². The molecule has 2 amide bonds. The molecule has 40 heavy (non-hydrogen) atoms. The van der Waals surface area contributed by atoms with Crippen LogP contribution >= 0.6 is 0 Å². The number of aromatic nitrogens is 3. The number of amides is 2. The second-order valence-corrected chi connectivity index (χ2v) is 12.5. The number of rotatable bonds is 7. The molecule has 0 bridgehead atoms. The zero-order valence-corrected chi connectivity index (χ0v) is 22.9. The third-order valence-electron chi connectivity index (χ3n) is 8.02. The van der Waals surface area contributed by atoms with Crippen molar-refractivity contribution in [2.75, 3.05) is 19.8 Å². The van der Waals surface area contributed by atoms with Crippen molar-refractivity contribution in [3.05, 3.63) is 47.3 Å². The highest BCUT2D eigenvalue weighted by Crippen LogP contribution is 2.40. The minimum Gasteiger partial charge on any atom is -0.391 e. The molecule has 3 aliphatic rings. The zero-order valence-electron chi connectivity index (χ0n) is 22.9. The maximum absolute atomic E-state index is 14.0. The summed E-state index contributed by atoms with van der Waals surface area (Å²) in [7, 11) is 0. The summed E-state index contributed by atoms with van der Waals surface area (Å²) in [5.41, 5.74) is -0.652. The lowest BCUT2D eigenvalue weighted by atomic mass is 9.85. The van der Waals surface area contributed by atoms with E-state index in [1.165, 1.54) is 17.0 Å². The van der Waals surface area contributed by atoms with E-state index in [0.29, 0.717) is 24.5 Å². The highest BCUT2D eigenvalue weighted by Gasteiger charge is 2.47. The smallest absolute Gasteiger partial charge is 0.391 e. The molecule has 9 nitrogen and oxygen atoms in total. The number of carbonyl (C=O) groups excluding carboxylic acids is 2. The molecule has 3 heterocycles. The van der Waals surface area contributed by atoms with E-state index in [1.807, 2.05) is 27.0 Å². The molecule has 3 unspecified atom stereocenters. The van der Waals surface area contributed by atoms with Crippen LogP contribution < -0.4 is 5.32 Å². The lowest BCUT2D eigenvalue weighted by Gasteiger charge is -2.36. The summed E-state index contributed by atoms with van der Waals surface area (Å²) >= 11 is 0. The molecular weight excluding hydrogens is 527 g/mol. The Bertz CT molecular complexity index is 1230. The zero-order chi connectivity index (χ0) is 28.9. The van der Waals surface area contributed by atoms with E-state index < -0.39 is 46.8 Å². The number of hydrogen-bond acceptors (Lipinski definition) is 6. The van der Waals surface area contributed by atoms with Crippen molar-refractivity contribution in [3.63, 3.8) is 0 Å². The molecule has 1 saturated carbocycles. The molecule has 2 aliphatic heterocycles. The van der Waals surface area contributed by atoms with Gasteiger partial charge in [-0.2, -0.15) is 13.2 Å². The van der Waals surface area contributed by atoms with E-state index in [0.717, 1.165) is 30.7 Å². The number of carbonyl (C=O) groups is 2. The third-order valence-corrected chi connectivity index (χ3v) is 8.02. The Kier molecular flexibility index (Phi) is 7.45. The van der Waals surface area contributed by atoms with E-state index in [-0.39, 0.29) is 31.9 Å². The van der Waals surface area contributed by atoms with E-state index in [9.17, 15) is 27.9 Å². The number of β-amino-alcohol motifs (C(OH)–C–C–N with tert-alkyl or cyclic N) is 1. The van der Waals surface area contributed by atoms with Crippen molar-refractivity contribution >= 4 is 11.8 Å². The van der Waals surface area contributed by atoms with Gasteiger partial charge < -0.3 is 20.1 Å². The number of likely N-dealkylation sites (tertiary alicyclic amines) is 1. The van der Waals surface area contributed by atoms with Crippen molar-refractivity contribution in [1.29, 1.82) is 0 Å². The summed E-state index contributed by atoms with van der Waals surface area (Å²) in [6.07, 6.45) is -0.584. The molecule has 0 spiro atoms. The minimum absolute atomic E-state index is 0.0100. The van der Waals surface area contributed by atoms with Crippen LogP contribution in [0.25, 0.3) is 0 Å². The molecule has 1 aromatic heterocycles. The fourth-order valence-electron chi connectivity index (χ4n) is 5.76. The van der Waals surface area contributed by atoms with Gasteiger partial charge in [0.15, 0.2) is 0 Å². The Morgan fingerprint density at radius 1 is 1.20 bits per heavy atom. The Balaban J connectivity index is 1.34. The average molecular weight is 564 g/mol. The van der Waals surface area contributed by atoms with Crippen LogP contribution in [0.5, 0.6) is 0 Å². The number of ether oxygens (including phenoxy) is 1. The maximum atomic E-state index is 14.0. The summed E-state index contributed by atoms with van der Waals surface area (Å²) in [5.74, 6) is -0.380. The number of nitrogens with one attached hydrogen (secondary N) is 1. The van der Waals surface area contributed by atoms with Gasteiger partial charge in [0.2, 0.25) is 11.8 Å². The number of aliphatic hydroxyl groups is 1. The quantitative estimate of drug-likeness (QED) is 0.536. The molecule has 2 aromatic rings. The Morgan fingerprint density at radius 3 is 2.48 bits per heavy atom. The topological polar surface area (TPSA) is 110 Å². The van der Waals surface area contributed by atoms with Crippen molar-refractivity contribution in [2.45, 2.75) is 88.7 Å². The minimum atomic E-state index is -4.43. The molecule has 218 valence electrons. The van der Waals surface area contributed by atoms with Crippen LogP contribution in [-0.2, 0) is 26.9 Å². The third kappa shape index (κ3) is 6.02. The highest BCUT2D eigenvalue weighted by molar-refractivity contribution is 5.90. The molecule has 1 aliphatic carbocycles. The molecule has 1 aromatic carbocycles. The van der Waals surface area contributed by atoms with Crippen LogP contribution in [0.2, 0.25) is 0 Å². The molecular formula is C28H36F3N5O4. The summed E-state index contributed by atoms with van der Waals surface area (Å²) in [6.45, 7) is 6.35. The van der Waals surface area contributed by atoms with Crippen LogP contribution in [0.15, 0.2) is 30.5 Å². The standard InChI is InChI=1S/C28H36F3N5O4/c1-26(2,3)23(36-15-21(33-34-36)18-6-7-18)25(39)35-14-20(37)12-22(35)24(38)32-27(10-11-40-16-27)13-17-4-8-19(9-5-17)28(29,30)31/h4-5,8-9,15,18,20,22-23,37H,6-7,10-14,16H2,1-3H3,(H,32,38)/t20?,22?,23-,27?/m1/s1. The van der Waals surface area contributed by atoms with E-state index in [2.05, 4.69) is 15.6 Å². The van der Waals surface area contributed by atoms with Crippen LogP contribution in [0.1, 0.15) is 75.2 Å². The number of nitrogens with zero attached hydrogens (tertiary/aromatic N) is 4. The first kappa shape index (κ1) is 28.5. The van der Waals surface area contributed by atoms with E-state index in [4.69, 9.17) is 4.74 Å². The fraction of sp³-hybridized carbons (Fsp3) is 0.643. The lowest BCUT2D eigenvalue weighted by molar-refractivity contribution is -0.144. The number of benzene rings is 1. The second kappa shape index (κ2) is 10.4. The van der Waals surface area contributed by atoms with Gasteiger partial charge in [-0.25, -0.2) is 4.68 Å². The normalized spacial score (nSPS) is 26.2. The maximum Gasteiger partial charge on any atom is 0.416 e. The number of hydrogen-bond donors (Lipinski definition) is 2. The van der Waals surface area contributed by atoms with Gasteiger partial charge in [0.25, 0.3) is 0 Å². The number of aliphatic hydroxyl groups excluding tert-OH is 1. The number of halogens is 3. The second-order valence-electron chi connectivity index (χ2n) is 12.5. The summed E-state index contributed by atoms with van der Waals surface area (Å²) < 4.78 is 46.2. The van der Waals surface area contributed by atoms with Crippen molar-refractivity contribution in [3.8, 4) is 0 Å². The highest BCUT2D eigenvalue weighted by atomic mass is 19.4. The molecule has 0 radical (unpaired) electrons.